The fraction of sp³-hybridized carbons (Fsp3) is 0.0769. The van der Waals surface area contributed by atoms with Gasteiger partial charge in [0, 0.05) is 12.1 Å². The van der Waals surface area contributed by atoms with Gasteiger partial charge in [-0.3, -0.25) is 0 Å². The molecule has 0 fully saturated rings. The molecule has 0 radical (unpaired) electrons. The van der Waals surface area contributed by atoms with Crippen LogP contribution < -0.4 is 5.32 Å². The van der Waals surface area contributed by atoms with Crippen LogP contribution in [0.3, 0.4) is 0 Å². The Kier molecular flexibility index (Phi) is 4.09. The van der Waals surface area contributed by atoms with E-state index < -0.39 is 5.82 Å². The summed E-state index contributed by atoms with van der Waals surface area (Å²) in [5.41, 5.74) is 1.27. The van der Waals surface area contributed by atoms with Crippen molar-refractivity contribution in [3.05, 3.63) is 57.3 Å². The highest BCUT2D eigenvalue weighted by molar-refractivity contribution is 9.10. The number of hydrogen-bond donors (Lipinski definition) is 2. The molecular weight excluding hydrogens is 321 g/mol. The van der Waals surface area contributed by atoms with Gasteiger partial charge >= 0.3 is 0 Å². The molecule has 0 saturated heterocycles. The van der Waals surface area contributed by atoms with Crippen LogP contribution >= 0.6 is 27.5 Å². The van der Waals surface area contributed by atoms with Gasteiger partial charge in [-0.15, -0.1) is 0 Å². The Morgan fingerprint density at radius 1 is 1.22 bits per heavy atom. The molecule has 0 saturated carbocycles. The first kappa shape index (κ1) is 13.2. The quantitative estimate of drug-likeness (QED) is 0.864. The number of aromatic hydroxyl groups is 1. The van der Waals surface area contributed by atoms with Crippen LogP contribution in [0.1, 0.15) is 5.56 Å². The van der Waals surface area contributed by atoms with Crippen molar-refractivity contribution in [2.75, 3.05) is 5.32 Å². The summed E-state index contributed by atoms with van der Waals surface area (Å²) >= 11 is 9.31. The third-order valence-corrected chi connectivity index (χ3v) is 3.89. The number of anilines is 1. The lowest BCUT2D eigenvalue weighted by Crippen LogP contribution is -2.01. The molecular formula is C13H10BrClFNO. The topological polar surface area (TPSA) is 32.3 Å². The minimum Gasteiger partial charge on any atom is -0.505 e. The van der Waals surface area contributed by atoms with Gasteiger partial charge in [0.2, 0.25) is 0 Å². The maximum absolute atomic E-state index is 13.1. The number of benzene rings is 2. The summed E-state index contributed by atoms with van der Waals surface area (Å²) in [4.78, 5) is 0. The molecule has 2 rings (SSSR count). The number of phenols is 1. The van der Waals surface area contributed by atoms with E-state index in [1.807, 2.05) is 6.07 Å². The van der Waals surface area contributed by atoms with Crippen molar-refractivity contribution < 1.29 is 9.50 Å². The first-order valence-electron chi connectivity index (χ1n) is 5.24. The number of rotatable bonds is 3. The molecule has 0 aliphatic heterocycles. The molecule has 0 aliphatic carbocycles. The second-order valence-electron chi connectivity index (χ2n) is 3.70. The number of hydrogen-bond acceptors (Lipinski definition) is 2. The predicted octanol–water partition coefficient (Wildman–Crippen LogP) is 4.56. The summed E-state index contributed by atoms with van der Waals surface area (Å²) in [6.45, 7) is 0.308. The molecule has 0 aromatic heterocycles. The zero-order chi connectivity index (χ0) is 13.1. The van der Waals surface area contributed by atoms with E-state index in [0.29, 0.717) is 17.1 Å². The molecule has 94 valence electrons. The molecule has 0 heterocycles. The van der Waals surface area contributed by atoms with Crippen LogP contribution in [0.15, 0.2) is 40.9 Å². The molecule has 18 heavy (non-hydrogen) atoms. The van der Waals surface area contributed by atoms with Crippen molar-refractivity contribution in [2.24, 2.45) is 0 Å². The number of nitrogens with one attached hydrogen (secondary N) is 1. The largest absolute Gasteiger partial charge is 0.505 e. The average Bonchev–Trinajstić information content (AvgIpc) is 2.36. The van der Waals surface area contributed by atoms with Crippen LogP contribution in [-0.2, 0) is 6.54 Å². The lowest BCUT2D eigenvalue weighted by atomic mass is 10.2. The maximum atomic E-state index is 13.1. The van der Waals surface area contributed by atoms with Gasteiger partial charge < -0.3 is 10.4 Å². The fourth-order valence-electron chi connectivity index (χ4n) is 1.53. The van der Waals surface area contributed by atoms with Crippen LogP contribution in [0, 0.1) is 5.82 Å². The predicted molar refractivity (Wildman–Crippen MR) is 74.5 cm³/mol. The fourth-order valence-corrected chi connectivity index (χ4v) is 2.11. The normalized spacial score (nSPS) is 10.4. The van der Waals surface area contributed by atoms with Gasteiger partial charge in [-0.1, -0.05) is 29.8 Å². The van der Waals surface area contributed by atoms with Crippen molar-refractivity contribution in [1.82, 2.24) is 0 Å². The van der Waals surface area contributed by atoms with E-state index in [9.17, 15) is 9.50 Å². The summed E-state index contributed by atoms with van der Waals surface area (Å²) in [6.07, 6.45) is 0. The standard InChI is InChI=1S/C13H10BrClFNO/c14-12-9(15)4-2-6-11(12)17-7-8-3-1-5-10(16)13(8)18/h1-6,17-18H,7H2. The molecule has 0 bridgehead atoms. The van der Waals surface area contributed by atoms with Gasteiger partial charge in [-0.05, 0) is 34.1 Å². The molecule has 0 amide bonds. The number of phenolic OH excluding ortho intramolecular Hbond substituents is 1. The smallest absolute Gasteiger partial charge is 0.165 e. The third kappa shape index (κ3) is 2.76. The summed E-state index contributed by atoms with van der Waals surface area (Å²) in [6, 6.07) is 9.83. The SMILES string of the molecule is Oc1c(F)cccc1CNc1cccc(Cl)c1Br. The second kappa shape index (κ2) is 5.59. The first-order chi connectivity index (χ1) is 8.59. The zero-order valence-corrected chi connectivity index (χ0v) is 11.6. The Morgan fingerprint density at radius 3 is 2.72 bits per heavy atom. The van der Waals surface area contributed by atoms with Gasteiger partial charge in [0.25, 0.3) is 0 Å². The molecule has 5 heteroatoms. The van der Waals surface area contributed by atoms with E-state index in [-0.39, 0.29) is 5.75 Å². The molecule has 0 unspecified atom stereocenters. The van der Waals surface area contributed by atoms with Crippen LogP contribution in [-0.4, -0.2) is 5.11 Å². The van der Waals surface area contributed by atoms with E-state index in [1.165, 1.54) is 6.07 Å². The molecule has 2 aromatic carbocycles. The molecule has 2 nitrogen and oxygen atoms in total. The molecule has 2 N–H and O–H groups in total. The van der Waals surface area contributed by atoms with Crippen LogP contribution in [0.4, 0.5) is 10.1 Å². The van der Waals surface area contributed by atoms with Crippen molar-refractivity contribution in [2.45, 2.75) is 6.54 Å². The summed E-state index contributed by atoms with van der Waals surface area (Å²) in [5.74, 6) is -0.956. The van der Waals surface area contributed by atoms with E-state index in [1.54, 1.807) is 24.3 Å². The Balaban J connectivity index is 2.17. The Labute approximate surface area is 118 Å². The summed E-state index contributed by atoms with van der Waals surface area (Å²) in [7, 11) is 0. The molecule has 0 aliphatic rings. The van der Waals surface area contributed by atoms with Gasteiger partial charge in [0.1, 0.15) is 0 Å². The van der Waals surface area contributed by atoms with Gasteiger partial charge in [-0.25, -0.2) is 4.39 Å². The average molecular weight is 331 g/mol. The van der Waals surface area contributed by atoms with Gasteiger partial charge in [-0.2, -0.15) is 0 Å². The van der Waals surface area contributed by atoms with Gasteiger partial charge in [0.05, 0.1) is 15.2 Å². The van der Waals surface area contributed by atoms with E-state index in [2.05, 4.69) is 21.2 Å². The highest BCUT2D eigenvalue weighted by atomic mass is 79.9. The lowest BCUT2D eigenvalue weighted by molar-refractivity contribution is 0.427. The number of halogens is 3. The lowest BCUT2D eigenvalue weighted by Gasteiger charge is -2.10. The molecule has 0 atom stereocenters. The molecule has 0 spiro atoms. The summed E-state index contributed by atoms with van der Waals surface area (Å²) in [5, 5.41) is 13.2. The monoisotopic (exact) mass is 329 g/mol. The Hall–Kier alpha value is -1.26. The minimum atomic E-state index is -0.626. The van der Waals surface area contributed by atoms with Crippen molar-refractivity contribution in [1.29, 1.82) is 0 Å². The second-order valence-corrected chi connectivity index (χ2v) is 4.90. The van der Waals surface area contributed by atoms with E-state index in [0.717, 1.165) is 10.2 Å². The van der Waals surface area contributed by atoms with Gasteiger partial charge in [0.15, 0.2) is 11.6 Å². The number of para-hydroxylation sites is 1. The Morgan fingerprint density at radius 2 is 1.94 bits per heavy atom. The van der Waals surface area contributed by atoms with Crippen LogP contribution in [0.5, 0.6) is 5.75 Å². The zero-order valence-electron chi connectivity index (χ0n) is 9.25. The van der Waals surface area contributed by atoms with Crippen molar-refractivity contribution in [3.8, 4) is 5.75 Å². The van der Waals surface area contributed by atoms with E-state index in [4.69, 9.17) is 11.6 Å². The van der Waals surface area contributed by atoms with E-state index >= 15 is 0 Å². The Bertz CT molecular complexity index is 525. The summed E-state index contributed by atoms with van der Waals surface area (Å²) < 4.78 is 13.9. The van der Waals surface area contributed by atoms with Crippen LogP contribution in [0.2, 0.25) is 5.02 Å². The minimum absolute atomic E-state index is 0.308. The maximum Gasteiger partial charge on any atom is 0.165 e. The highest BCUT2D eigenvalue weighted by Crippen LogP contribution is 2.31. The third-order valence-electron chi connectivity index (χ3n) is 2.49. The van der Waals surface area contributed by atoms with Crippen molar-refractivity contribution >= 4 is 33.2 Å². The molecule has 2 aromatic rings. The van der Waals surface area contributed by atoms with Crippen molar-refractivity contribution in [3.63, 3.8) is 0 Å². The van der Waals surface area contributed by atoms with Crippen LogP contribution in [0.25, 0.3) is 0 Å². The first-order valence-corrected chi connectivity index (χ1v) is 6.41. The highest BCUT2D eigenvalue weighted by Gasteiger charge is 2.08.